The highest BCUT2D eigenvalue weighted by Crippen LogP contribution is 2.14. The number of alkyl carbamates (subject to hydrolysis) is 1. The second-order valence-electron chi connectivity index (χ2n) is 7.08. The van der Waals surface area contributed by atoms with Crippen LogP contribution in [0.2, 0.25) is 0 Å². The zero-order chi connectivity index (χ0) is 19.6. The number of rotatable bonds is 8. The molecule has 0 saturated heterocycles. The van der Waals surface area contributed by atoms with Crippen LogP contribution < -0.4 is 10.1 Å². The molecule has 0 spiro atoms. The molecule has 0 radical (unpaired) electrons. The summed E-state index contributed by atoms with van der Waals surface area (Å²) in [6, 6.07) is 8.05. The Morgan fingerprint density at radius 3 is 2.54 bits per heavy atom. The van der Waals surface area contributed by atoms with Crippen molar-refractivity contribution >= 4 is 6.09 Å². The molecule has 0 bridgehead atoms. The lowest BCUT2D eigenvalue weighted by atomic mass is 10.1. The summed E-state index contributed by atoms with van der Waals surface area (Å²) in [7, 11) is 1.65. The molecule has 1 aromatic carbocycles. The van der Waals surface area contributed by atoms with Crippen LogP contribution in [0.3, 0.4) is 0 Å². The van der Waals surface area contributed by atoms with Gasteiger partial charge in [0.25, 0.3) is 0 Å². The molecule has 142 valence electrons. The van der Waals surface area contributed by atoms with Crippen molar-refractivity contribution in [2.24, 2.45) is 0 Å². The third-order valence-electron chi connectivity index (χ3n) is 3.66. The molecule has 0 aromatic heterocycles. The molecule has 1 atom stereocenters. The van der Waals surface area contributed by atoms with Crippen molar-refractivity contribution in [1.29, 1.82) is 0 Å². The summed E-state index contributed by atoms with van der Waals surface area (Å²) in [5.74, 6) is 3.33. The normalized spacial score (nSPS) is 12.7. The van der Waals surface area contributed by atoms with E-state index in [1.165, 1.54) is 0 Å². The average Bonchev–Trinajstić information content (AvgIpc) is 2.58. The molecule has 0 fully saturated rings. The molecule has 0 aliphatic rings. The Hall–Kier alpha value is -2.45. The van der Waals surface area contributed by atoms with Gasteiger partial charge in [0, 0.05) is 25.7 Å². The van der Waals surface area contributed by atoms with Crippen molar-refractivity contribution in [3.63, 3.8) is 0 Å². The Labute approximate surface area is 157 Å². The Morgan fingerprint density at radius 1 is 1.35 bits per heavy atom. The Morgan fingerprint density at radius 2 is 2.00 bits per heavy atom. The summed E-state index contributed by atoms with van der Waals surface area (Å²) in [4.78, 5) is 14.1. The highest BCUT2D eigenvalue weighted by atomic mass is 16.6. The van der Waals surface area contributed by atoms with E-state index >= 15 is 0 Å². The first-order chi connectivity index (χ1) is 12.2. The zero-order valence-corrected chi connectivity index (χ0v) is 16.4. The summed E-state index contributed by atoms with van der Waals surface area (Å²) < 4.78 is 10.5. The van der Waals surface area contributed by atoms with Crippen LogP contribution in [0.4, 0.5) is 4.79 Å². The van der Waals surface area contributed by atoms with Gasteiger partial charge >= 0.3 is 6.09 Å². The van der Waals surface area contributed by atoms with Gasteiger partial charge in [-0.25, -0.2) is 4.79 Å². The maximum absolute atomic E-state index is 11.9. The highest BCUT2D eigenvalue weighted by molar-refractivity contribution is 5.67. The fourth-order valence-electron chi connectivity index (χ4n) is 2.30. The van der Waals surface area contributed by atoms with E-state index in [4.69, 9.17) is 15.9 Å². The molecule has 1 N–H and O–H groups in total. The lowest BCUT2D eigenvalue weighted by Crippen LogP contribution is -2.43. The van der Waals surface area contributed by atoms with E-state index in [1.54, 1.807) is 13.2 Å². The Balaban J connectivity index is 2.69. The number of nitrogens with one attached hydrogen (secondary N) is 1. The second-order valence-corrected chi connectivity index (χ2v) is 7.08. The Kier molecular flexibility index (Phi) is 8.74. The first-order valence-corrected chi connectivity index (χ1v) is 8.70. The van der Waals surface area contributed by atoms with Gasteiger partial charge in [-0.2, -0.15) is 0 Å². The van der Waals surface area contributed by atoms with E-state index in [9.17, 15) is 4.79 Å². The number of methoxy groups -OCH3 is 1. The molecule has 1 aromatic rings. The molecule has 5 heteroatoms. The van der Waals surface area contributed by atoms with Gasteiger partial charge in [-0.3, -0.25) is 4.90 Å². The quantitative estimate of drug-likeness (QED) is 0.722. The van der Waals surface area contributed by atoms with Gasteiger partial charge in [-0.15, -0.1) is 6.42 Å². The molecule has 0 saturated carbocycles. The van der Waals surface area contributed by atoms with Gasteiger partial charge < -0.3 is 14.8 Å². The van der Waals surface area contributed by atoms with Crippen LogP contribution in [-0.4, -0.2) is 42.8 Å². The third kappa shape index (κ3) is 8.59. The van der Waals surface area contributed by atoms with Gasteiger partial charge in [0.2, 0.25) is 0 Å². The van der Waals surface area contributed by atoms with Gasteiger partial charge in [0.05, 0.1) is 7.11 Å². The van der Waals surface area contributed by atoms with Crippen molar-refractivity contribution in [1.82, 2.24) is 10.2 Å². The first-order valence-electron chi connectivity index (χ1n) is 8.70. The van der Waals surface area contributed by atoms with E-state index < -0.39 is 11.7 Å². The van der Waals surface area contributed by atoms with Crippen molar-refractivity contribution in [2.75, 3.05) is 20.2 Å². The van der Waals surface area contributed by atoms with Crippen molar-refractivity contribution in [3.8, 4) is 18.1 Å². The molecule has 26 heavy (non-hydrogen) atoms. The standard InChI is InChI=1S/C21H30N2O3/c1-7-8-9-14-23(16-18-10-12-19(25-6)13-11-18)17(2)15-22-20(24)26-21(3,4)5/h1,8-13,17H,14-16H2,2-6H3,(H,22,24)/b9-8+. The van der Waals surface area contributed by atoms with Gasteiger partial charge in [0.1, 0.15) is 11.4 Å². The predicted molar refractivity (Wildman–Crippen MR) is 105 cm³/mol. The number of amides is 1. The lowest BCUT2D eigenvalue weighted by molar-refractivity contribution is 0.0510. The number of terminal acetylenes is 1. The maximum Gasteiger partial charge on any atom is 0.407 e. The highest BCUT2D eigenvalue weighted by Gasteiger charge is 2.18. The minimum absolute atomic E-state index is 0.104. The van der Waals surface area contributed by atoms with Crippen LogP contribution in [0.5, 0.6) is 5.75 Å². The summed E-state index contributed by atoms with van der Waals surface area (Å²) in [6.45, 7) is 9.49. The fraction of sp³-hybridized carbons (Fsp3) is 0.476. The monoisotopic (exact) mass is 358 g/mol. The molecular formula is C21H30N2O3. The van der Waals surface area contributed by atoms with Crippen LogP contribution in [0.25, 0.3) is 0 Å². The Bertz CT molecular complexity index is 624. The van der Waals surface area contributed by atoms with Crippen molar-refractivity contribution in [2.45, 2.75) is 45.9 Å². The molecule has 1 unspecified atom stereocenters. The smallest absolute Gasteiger partial charge is 0.407 e. The molecule has 1 amide bonds. The minimum atomic E-state index is -0.508. The summed E-state index contributed by atoms with van der Waals surface area (Å²) in [5.41, 5.74) is 0.648. The SMILES string of the molecule is C#C/C=C/CN(Cc1ccc(OC)cc1)C(C)CNC(=O)OC(C)(C)C. The van der Waals surface area contributed by atoms with E-state index in [0.717, 1.165) is 17.9 Å². The van der Waals surface area contributed by atoms with Crippen LogP contribution in [0.15, 0.2) is 36.4 Å². The number of allylic oxidation sites excluding steroid dienone is 1. The molecule has 0 aliphatic heterocycles. The molecule has 1 rings (SSSR count). The predicted octanol–water partition coefficient (Wildman–Crippen LogP) is 3.60. The van der Waals surface area contributed by atoms with Gasteiger partial charge in [-0.1, -0.05) is 24.1 Å². The number of benzene rings is 1. The zero-order valence-electron chi connectivity index (χ0n) is 16.4. The van der Waals surface area contributed by atoms with Gasteiger partial charge in [-0.05, 0) is 51.5 Å². The largest absolute Gasteiger partial charge is 0.497 e. The third-order valence-corrected chi connectivity index (χ3v) is 3.66. The minimum Gasteiger partial charge on any atom is -0.497 e. The van der Waals surface area contributed by atoms with E-state index in [2.05, 4.69) is 23.1 Å². The maximum atomic E-state index is 11.9. The number of carbonyl (C=O) groups is 1. The number of nitrogens with zero attached hydrogens (tertiary/aromatic N) is 1. The average molecular weight is 358 g/mol. The summed E-state index contributed by atoms with van der Waals surface area (Å²) in [6.07, 6.45) is 8.51. The number of hydrogen-bond acceptors (Lipinski definition) is 4. The van der Waals surface area contributed by atoms with Crippen LogP contribution in [0.1, 0.15) is 33.3 Å². The summed E-state index contributed by atoms with van der Waals surface area (Å²) in [5, 5.41) is 2.83. The van der Waals surface area contributed by atoms with Crippen LogP contribution in [0, 0.1) is 12.3 Å². The van der Waals surface area contributed by atoms with Crippen molar-refractivity contribution in [3.05, 3.63) is 42.0 Å². The van der Waals surface area contributed by atoms with E-state index in [1.807, 2.05) is 51.1 Å². The number of hydrogen-bond donors (Lipinski definition) is 1. The van der Waals surface area contributed by atoms with E-state index in [0.29, 0.717) is 13.1 Å². The van der Waals surface area contributed by atoms with Gasteiger partial charge in [0.15, 0.2) is 0 Å². The lowest BCUT2D eigenvalue weighted by Gasteiger charge is -2.29. The molecule has 0 aliphatic carbocycles. The molecular weight excluding hydrogens is 328 g/mol. The fourth-order valence-corrected chi connectivity index (χ4v) is 2.30. The van der Waals surface area contributed by atoms with Crippen LogP contribution in [-0.2, 0) is 11.3 Å². The van der Waals surface area contributed by atoms with Crippen molar-refractivity contribution < 1.29 is 14.3 Å². The van der Waals surface area contributed by atoms with E-state index in [-0.39, 0.29) is 6.04 Å². The number of carbonyl (C=O) groups excluding carboxylic acids is 1. The van der Waals surface area contributed by atoms with Crippen LogP contribution >= 0.6 is 0 Å². The first kappa shape index (κ1) is 21.6. The molecule has 5 nitrogen and oxygen atoms in total. The summed E-state index contributed by atoms with van der Waals surface area (Å²) >= 11 is 0. The second kappa shape index (κ2) is 10.5. The number of ether oxygens (including phenoxy) is 2. The molecule has 0 heterocycles. The topological polar surface area (TPSA) is 50.8 Å².